The van der Waals surface area contributed by atoms with Gasteiger partial charge >= 0.3 is 0 Å². The van der Waals surface area contributed by atoms with Gasteiger partial charge in [-0.25, -0.2) is 0 Å². The van der Waals surface area contributed by atoms with E-state index in [1.165, 1.54) is 6.92 Å². The summed E-state index contributed by atoms with van der Waals surface area (Å²) in [5, 5.41) is 0. The normalized spacial score (nSPS) is 13.3. The zero-order valence-electron chi connectivity index (χ0n) is 9.95. The zero-order chi connectivity index (χ0) is 12.1. The van der Waals surface area contributed by atoms with Gasteiger partial charge < -0.3 is 0 Å². The minimum absolute atomic E-state index is 0.147. The van der Waals surface area contributed by atoms with Gasteiger partial charge in [-0.05, 0) is 27.7 Å². The van der Waals surface area contributed by atoms with E-state index in [4.69, 9.17) is 0 Å². The van der Waals surface area contributed by atoms with E-state index in [2.05, 4.69) is 0 Å². The number of hydrogen-bond donors (Lipinski definition) is 0. The van der Waals surface area contributed by atoms with Gasteiger partial charge in [0.15, 0.2) is 17.7 Å². The van der Waals surface area contributed by atoms with Crippen LogP contribution in [0.25, 0.3) is 0 Å². The van der Waals surface area contributed by atoms with E-state index in [-0.39, 0.29) is 5.78 Å². The Bertz CT molecular complexity index is 248. The van der Waals surface area contributed by atoms with E-state index >= 15 is 0 Å². The molecule has 0 fully saturated rings. The highest BCUT2D eigenvalue weighted by Gasteiger charge is 2.48. The van der Waals surface area contributed by atoms with Crippen LogP contribution < -0.4 is 0 Å². The first-order valence-corrected chi connectivity index (χ1v) is 7.75. The molecule has 0 aliphatic rings. The maximum absolute atomic E-state index is 11.5. The highest BCUT2D eigenvalue weighted by Crippen LogP contribution is 2.62. The monoisotopic (exact) mass is 231 g/mol. The summed E-state index contributed by atoms with van der Waals surface area (Å²) in [5.41, 5.74) is -0.644. The van der Waals surface area contributed by atoms with E-state index in [1.54, 1.807) is 0 Å². The summed E-state index contributed by atoms with van der Waals surface area (Å²) >= 11 is 0. The van der Waals surface area contributed by atoms with E-state index < -0.39 is 18.7 Å². The lowest BCUT2D eigenvalue weighted by atomic mass is 10.2. The highest BCUT2D eigenvalue weighted by atomic mass is 31.2. The topological polar surface area (TPSA) is 51.2 Å². The predicted molar refractivity (Wildman–Crippen MR) is 64.1 cm³/mol. The Labute approximate surface area is 92.0 Å². The van der Waals surface area contributed by atoms with Crippen molar-refractivity contribution in [1.29, 1.82) is 0 Å². The van der Waals surface area contributed by atoms with Gasteiger partial charge in [-0.2, -0.15) is 0 Å². The molecule has 3 nitrogen and oxygen atoms in total. The lowest BCUT2D eigenvalue weighted by molar-refractivity contribution is -0.132. The number of Topliss-reactive ketones (excluding diaryl/α,β-unsaturated/α-hetero) is 2. The van der Waals surface area contributed by atoms with Crippen LogP contribution in [0.3, 0.4) is 0 Å². The molecule has 1 atom stereocenters. The summed E-state index contributed by atoms with van der Waals surface area (Å²) in [6, 6.07) is 0. The van der Waals surface area contributed by atoms with E-state index in [0.717, 1.165) is 18.5 Å². The molecular weight excluding hydrogens is 211 g/mol. The molecule has 0 amide bonds. The van der Waals surface area contributed by atoms with Crippen molar-refractivity contribution in [1.82, 2.24) is 0 Å². The first-order chi connectivity index (χ1) is 6.98. The molecule has 0 N–H and O–H groups in total. The smallest absolute Gasteiger partial charge is 0.242 e. The van der Waals surface area contributed by atoms with Gasteiger partial charge in [-0.3, -0.25) is 14.4 Å². The number of ketones is 2. The summed E-state index contributed by atoms with van der Waals surface area (Å²) in [5.74, 6) is -0.674. The van der Waals surface area contributed by atoms with Crippen molar-refractivity contribution < 1.29 is 14.4 Å². The predicted octanol–water partition coefficient (Wildman–Crippen LogP) is 1.79. The molecule has 0 spiro atoms. The van der Waals surface area contributed by atoms with Gasteiger partial charge in [0, 0.05) is 7.26 Å². The fourth-order valence-electron chi connectivity index (χ4n) is 2.14. The molecule has 0 saturated heterocycles. The van der Waals surface area contributed by atoms with Crippen molar-refractivity contribution >= 4 is 25.1 Å². The van der Waals surface area contributed by atoms with Crippen molar-refractivity contribution in [3.05, 3.63) is 0 Å². The zero-order valence-corrected chi connectivity index (χ0v) is 10.8. The summed E-state index contributed by atoms with van der Waals surface area (Å²) in [4.78, 5) is 33.6. The number of carbonyl (C=O) groups excluding carboxylic acids is 3. The highest BCUT2D eigenvalue weighted by molar-refractivity contribution is 7.78. The number of hydrogen-bond acceptors (Lipinski definition) is 3. The van der Waals surface area contributed by atoms with Gasteiger partial charge in [0.1, 0.15) is 0 Å². The molecule has 4 heteroatoms. The average Bonchev–Trinajstić information content (AvgIpc) is 2.24. The van der Waals surface area contributed by atoms with Gasteiger partial charge in [0.2, 0.25) is 5.78 Å². The first kappa shape index (κ1) is 14.4. The van der Waals surface area contributed by atoms with Gasteiger partial charge in [0.25, 0.3) is 0 Å². The molecule has 15 heavy (non-hydrogen) atoms. The second-order valence-corrected chi connectivity index (χ2v) is 8.55. The molecule has 1 unspecified atom stereocenters. The van der Waals surface area contributed by atoms with Crippen LogP contribution in [0.4, 0.5) is 0 Å². The molecule has 0 bridgehead atoms. The Morgan fingerprint density at radius 3 is 1.73 bits per heavy atom. The summed E-state index contributed by atoms with van der Waals surface area (Å²) in [6.07, 6.45) is 2.86. The molecule has 0 heterocycles. The quantitative estimate of drug-likeness (QED) is 0.290. The van der Waals surface area contributed by atoms with Crippen LogP contribution in [0, 0.1) is 0 Å². The summed E-state index contributed by atoms with van der Waals surface area (Å²) in [6.45, 7) is 7.44. The molecule has 86 valence electrons. The van der Waals surface area contributed by atoms with E-state index in [0.29, 0.717) is 6.29 Å². The third kappa shape index (κ3) is 2.94. The fourth-order valence-corrected chi connectivity index (χ4v) is 5.95. The molecule has 0 aliphatic carbocycles. The fraction of sp³-hybridized carbons (Fsp3) is 0.727. The second kappa shape index (κ2) is 6.12. The maximum Gasteiger partial charge on any atom is 0.242 e. The van der Waals surface area contributed by atoms with Crippen LogP contribution in [0.5, 0.6) is 0 Å². The molecule has 0 radical (unpaired) electrons. The van der Waals surface area contributed by atoms with E-state index in [1.807, 2.05) is 20.8 Å². The van der Waals surface area contributed by atoms with Crippen molar-refractivity contribution in [2.24, 2.45) is 0 Å². The second-order valence-electron chi connectivity index (χ2n) is 3.70. The molecule has 0 aromatic carbocycles. The molecule has 0 aromatic rings. The standard InChI is InChI=1S/C11H20O3P/c1-5-15(6-2,7-3)11(9(4)13)10(14)8-12/h8,11H,5-7H2,1-4H3/q+1. The van der Waals surface area contributed by atoms with Crippen LogP contribution in [0.2, 0.25) is 0 Å². The molecule has 0 saturated carbocycles. The summed E-state index contributed by atoms with van der Waals surface area (Å²) < 4.78 is 0. The maximum atomic E-state index is 11.5. The Balaban J connectivity index is 5.27. The minimum Gasteiger partial charge on any atom is -0.295 e. The van der Waals surface area contributed by atoms with Crippen LogP contribution >= 0.6 is 7.26 Å². The number of rotatable bonds is 7. The molecule has 0 aromatic heterocycles. The van der Waals surface area contributed by atoms with Crippen LogP contribution in [-0.4, -0.2) is 42.0 Å². The van der Waals surface area contributed by atoms with Gasteiger partial charge in [-0.1, -0.05) is 0 Å². The Morgan fingerprint density at radius 2 is 1.53 bits per heavy atom. The first-order valence-electron chi connectivity index (χ1n) is 5.34. The molecule has 0 aliphatic heterocycles. The van der Waals surface area contributed by atoms with Crippen LogP contribution in [0.1, 0.15) is 27.7 Å². The summed E-state index contributed by atoms with van der Waals surface area (Å²) in [7, 11) is -1.61. The minimum atomic E-state index is -1.61. The lowest BCUT2D eigenvalue weighted by Gasteiger charge is -2.28. The Morgan fingerprint density at radius 1 is 1.13 bits per heavy atom. The Hall–Kier alpha value is -0.560. The van der Waals surface area contributed by atoms with Crippen molar-refractivity contribution in [2.45, 2.75) is 33.4 Å². The van der Waals surface area contributed by atoms with E-state index in [9.17, 15) is 14.4 Å². The lowest BCUT2D eigenvalue weighted by Crippen LogP contribution is -2.34. The molecule has 0 rings (SSSR count). The van der Waals surface area contributed by atoms with Crippen molar-refractivity contribution in [3.8, 4) is 0 Å². The van der Waals surface area contributed by atoms with Crippen LogP contribution in [-0.2, 0) is 14.4 Å². The van der Waals surface area contributed by atoms with Gasteiger partial charge in [0.05, 0.1) is 18.5 Å². The number of aldehydes is 1. The third-order valence-corrected chi connectivity index (χ3v) is 8.70. The number of carbonyl (C=O) groups is 3. The van der Waals surface area contributed by atoms with Crippen molar-refractivity contribution in [3.63, 3.8) is 0 Å². The van der Waals surface area contributed by atoms with Crippen LogP contribution in [0.15, 0.2) is 0 Å². The average molecular weight is 231 g/mol. The third-order valence-electron chi connectivity index (χ3n) is 3.21. The molecular formula is C11H20O3P+. The van der Waals surface area contributed by atoms with Gasteiger partial charge in [-0.15, -0.1) is 0 Å². The Kier molecular flexibility index (Phi) is 5.89. The largest absolute Gasteiger partial charge is 0.295 e. The van der Waals surface area contributed by atoms with Crippen molar-refractivity contribution in [2.75, 3.05) is 18.5 Å². The SMILES string of the molecule is CC[P+](CC)(CC)C(C(C)=O)C(=O)C=O.